The van der Waals surface area contributed by atoms with Gasteiger partial charge in [-0.05, 0) is 36.1 Å². The number of halogens is 1. The highest BCUT2D eigenvalue weighted by molar-refractivity contribution is 7.89. The van der Waals surface area contributed by atoms with Crippen LogP contribution in [0, 0.1) is 11.8 Å². The molecule has 0 spiro atoms. The van der Waals surface area contributed by atoms with E-state index < -0.39 is 10.0 Å². The fourth-order valence-corrected chi connectivity index (χ4v) is 5.73. The third-order valence-electron chi connectivity index (χ3n) is 4.78. The molecule has 6 nitrogen and oxygen atoms in total. The van der Waals surface area contributed by atoms with Crippen LogP contribution in [0.1, 0.15) is 22.5 Å². The van der Waals surface area contributed by atoms with E-state index in [2.05, 4.69) is 0 Å². The lowest BCUT2D eigenvalue weighted by Crippen LogP contribution is -2.34. The van der Waals surface area contributed by atoms with Gasteiger partial charge in [-0.3, -0.25) is 4.79 Å². The molecule has 1 amide bonds. The second kappa shape index (κ2) is 6.68. The van der Waals surface area contributed by atoms with Crippen LogP contribution in [0.5, 0.6) is 0 Å². The van der Waals surface area contributed by atoms with E-state index in [1.807, 2.05) is 0 Å². The molecule has 1 aromatic heterocycles. The van der Waals surface area contributed by atoms with Crippen molar-refractivity contribution in [3.05, 3.63) is 16.3 Å². The van der Waals surface area contributed by atoms with Crippen molar-refractivity contribution < 1.29 is 13.2 Å². The average molecular weight is 380 g/mol. The maximum Gasteiger partial charge on any atom is 0.265 e. The Morgan fingerprint density at radius 2 is 2.04 bits per heavy atom. The number of nitrogens with zero attached hydrogens (tertiary/aromatic N) is 2. The number of likely N-dealkylation sites (tertiary alicyclic amines) is 1. The normalized spacial score (nSPS) is 27.1. The summed E-state index contributed by atoms with van der Waals surface area (Å²) in [6.45, 7) is 1.33. The second-order valence-corrected chi connectivity index (χ2v) is 9.31. The second-order valence-electron chi connectivity index (χ2n) is 6.28. The van der Waals surface area contributed by atoms with Crippen molar-refractivity contribution in [3.63, 3.8) is 0 Å². The summed E-state index contributed by atoms with van der Waals surface area (Å²) in [5.41, 5.74) is 6.10. The number of hydrogen-bond donors (Lipinski definition) is 1. The van der Waals surface area contributed by atoms with Gasteiger partial charge in [-0.2, -0.15) is 0 Å². The Balaban J connectivity index is 0.00000192. The Morgan fingerprint density at radius 1 is 1.35 bits per heavy atom. The van der Waals surface area contributed by atoms with Crippen LogP contribution in [-0.4, -0.2) is 56.8 Å². The highest BCUT2D eigenvalue weighted by Gasteiger charge is 2.43. The molecule has 0 aromatic carbocycles. The molecule has 2 fully saturated rings. The zero-order valence-electron chi connectivity index (χ0n) is 13.1. The molecule has 2 heterocycles. The molecule has 1 saturated heterocycles. The molecule has 1 aliphatic heterocycles. The zero-order valence-corrected chi connectivity index (χ0v) is 15.6. The Morgan fingerprint density at radius 3 is 2.65 bits per heavy atom. The maximum atomic E-state index is 12.7. The summed E-state index contributed by atoms with van der Waals surface area (Å²) in [4.78, 5) is 14.9. The van der Waals surface area contributed by atoms with Crippen LogP contribution in [0.3, 0.4) is 0 Å². The van der Waals surface area contributed by atoms with E-state index in [1.54, 1.807) is 10.3 Å². The molecule has 3 rings (SSSR count). The number of fused-ring (bicyclic) bond motifs is 1. The molecule has 130 valence electrons. The number of carbonyl (C=O) groups excluding carboxylic acids is 1. The number of amides is 1. The van der Waals surface area contributed by atoms with E-state index in [0.717, 1.165) is 17.1 Å². The minimum absolute atomic E-state index is 0. The molecule has 23 heavy (non-hydrogen) atoms. The average Bonchev–Trinajstić information content (AvgIpc) is 3.15. The van der Waals surface area contributed by atoms with Gasteiger partial charge in [-0.15, -0.1) is 23.7 Å². The van der Waals surface area contributed by atoms with Gasteiger partial charge in [0.1, 0.15) is 9.77 Å². The molecule has 0 bridgehead atoms. The molecular formula is C14H22ClN3O3S2. The van der Waals surface area contributed by atoms with Crippen LogP contribution >= 0.6 is 23.7 Å². The van der Waals surface area contributed by atoms with Crippen molar-refractivity contribution >= 4 is 39.7 Å². The van der Waals surface area contributed by atoms with Gasteiger partial charge >= 0.3 is 0 Å². The minimum Gasteiger partial charge on any atom is -0.337 e. The summed E-state index contributed by atoms with van der Waals surface area (Å²) < 4.78 is 25.8. The van der Waals surface area contributed by atoms with Gasteiger partial charge in [0.15, 0.2) is 0 Å². The summed E-state index contributed by atoms with van der Waals surface area (Å²) in [5.74, 6) is 0.641. The van der Waals surface area contributed by atoms with Crippen LogP contribution in [0.25, 0.3) is 0 Å². The van der Waals surface area contributed by atoms with Crippen molar-refractivity contribution in [1.82, 2.24) is 9.21 Å². The molecule has 1 saturated carbocycles. The lowest BCUT2D eigenvalue weighted by atomic mass is 9.98. The maximum absolute atomic E-state index is 12.7. The number of nitrogens with two attached hydrogens (primary N) is 1. The Kier molecular flexibility index (Phi) is 5.42. The molecule has 3 atom stereocenters. The molecule has 2 aliphatic rings. The summed E-state index contributed by atoms with van der Waals surface area (Å²) in [6.07, 6.45) is 2.08. The Hall–Kier alpha value is -0.670. The quantitative estimate of drug-likeness (QED) is 0.856. The third-order valence-corrected chi connectivity index (χ3v) is 7.67. The number of carbonyl (C=O) groups is 1. The van der Waals surface area contributed by atoms with Gasteiger partial charge in [-0.1, -0.05) is 0 Å². The van der Waals surface area contributed by atoms with Crippen molar-refractivity contribution in [2.75, 3.05) is 27.2 Å². The van der Waals surface area contributed by atoms with Crippen LogP contribution < -0.4 is 5.73 Å². The molecular weight excluding hydrogens is 358 g/mol. The fourth-order valence-electron chi connectivity index (χ4n) is 3.47. The van der Waals surface area contributed by atoms with Crippen molar-refractivity contribution in [2.24, 2.45) is 17.6 Å². The first-order valence-corrected chi connectivity index (χ1v) is 9.69. The highest BCUT2D eigenvalue weighted by Crippen LogP contribution is 2.38. The summed E-state index contributed by atoms with van der Waals surface area (Å²) in [5, 5.41) is 1.66. The smallest absolute Gasteiger partial charge is 0.265 e. The predicted octanol–water partition coefficient (Wildman–Crippen LogP) is 1.23. The summed E-state index contributed by atoms with van der Waals surface area (Å²) in [6, 6.07) is 1.67. The molecule has 2 N–H and O–H groups in total. The van der Waals surface area contributed by atoms with Gasteiger partial charge in [0.2, 0.25) is 10.0 Å². The first kappa shape index (κ1) is 18.7. The van der Waals surface area contributed by atoms with E-state index in [4.69, 9.17) is 5.73 Å². The highest BCUT2D eigenvalue weighted by atomic mass is 35.5. The van der Waals surface area contributed by atoms with Crippen molar-refractivity contribution in [2.45, 2.75) is 23.8 Å². The lowest BCUT2D eigenvalue weighted by molar-refractivity contribution is 0.0781. The Labute approximate surface area is 147 Å². The van der Waals surface area contributed by atoms with Crippen LogP contribution in [0.4, 0.5) is 0 Å². The number of sulfonamides is 1. The largest absolute Gasteiger partial charge is 0.337 e. The molecule has 0 radical (unpaired) electrons. The van der Waals surface area contributed by atoms with Crippen molar-refractivity contribution in [3.8, 4) is 0 Å². The van der Waals surface area contributed by atoms with Gasteiger partial charge < -0.3 is 10.6 Å². The number of rotatable bonds is 3. The van der Waals surface area contributed by atoms with E-state index in [-0.39, 0.29) is 29.3 Å². The zero-order chi connectivity index (χ0) is 16.1. The van der Waals surface area contributed by atoms with Gasteiger partial charge in [0.05, 0.1) is 0 Å². The minimum atomic E-state index is -3.60. The van der Waals surface area contributed by atoms with Gasteiger partial charge in [-0.25, -0.2) is 12.7 Å². The summed E-state index contributed by atoms with van der Waals surface area (Å²) in [7, 11) is -0.651. The van der Waals surface area contributed by atoms with Crippen LogP contribution in [0.15, 0.2) is 16.3 Å². The standard InChI is InChI=1S/C14H21N3O3S2.ClH/c1-16(2)22(19,20)12-5-6-21-13(12)14(18)17-7-9-3-4-11(15)10(9)8-17;/h5-6,9-11H,3-4,7-8,15H2,1-2H3;1H. The SMILES string of the molecule is CN(C)S(=O)(=O)c1ccsc1C(=O)N1CC2CCC(N)C2C1.Cl. The van der Waals surface area contributed by atoms with Crippen molar-refractivity contribution in [1.29, 1.82) is 0 Å². The topological polar surface area (TPSA) is 83.7 Å². The van der Waals surface area contributed by atoms with Gasteiger partial charge in [0.25, 0.3) is 5.91 Å². The van der Waals surface area contributed by atoms with Gasteiger partial charge in [0, 0.05) is 33.2 Å². The van der Waals surface area contributed by atoms with E-state index >= 15 is 0 Å². The Bertz CT molecular complexity index is 689. The molecule has 1 aliphatic carbocycles. The molecule has 3 unspecified atom stereocenters. The fraction of sp³-hybridized carbons (Fsp3) is 0.643. The van der Waals surface area contributed by atoms with E-state index in [0.29, 0.717) is 29.8 Å². The lowest BCUT2D eigenvalue weighted by Gasteiger charge is -2.19. The predicted molar refractivity (Wildman–Crippen MR) is 92.5 cm³/mol. The summed E-state index contributed by atoms with van der Waals surface area (Å²) >= 11 is 1.19. The first-order valence-electron chi connectivity index (χ1n) is 7.37. The number of hydrogen-bond acceptors (Lipinski definition) is 5. The molecule has 1 aromatic rings. The van der Waals surface area contributed by atoms with Crippen LogP contribution in [-0.2, 0) is 10.0 Å². The third kappa shape index (κ3) is 3.15. The van der Waals surface area contributed by atoms with Crippen LogP contribution in [0.2, 0.25) is 0 Å². The first-order chi connectivity index (χ1) is 10.3. The number of thiophene rings is 1. The van der Waals surface area contributed by atoms with E-state index in [1.165, 1.54) is 31.5 Å². The van der Waals surface area contributed by atoms with E-state index in [9.17, 15) is 13.2 Å². The monoisotopic (exact) mass is 379 g/mol. The molecule has 9 heteroatoms.